The van der Waals surface area contributed by atoms with E-state index in [0.717, 1.165) is 6.42 Å². The first-order valence-electron chi connectivity index (χ1n) is 13.9. The lowest BCUT2D eigenvalue weighted by atomic mass is 9.97. The number of benzene rings is 1. The monoisotopic (exact) mass is 575 g/mol. The number of hydrogen-bond donors (Lipinski definition) is 4. The Morgan fingerprint density at radius 1 is 1.17 bits per heavy atom. The standard InChI is InChI=1S/C29H43N3O7.C2H6/c1-9-11-12-22(20(4)33)23-17-21(18-24(27(35)37-8)32-26(34)19(3)30-10-2)13-14-25(23)38-16-15-31-28(36)39-29(5,6)7;1-2/h10-14,17,19,24,30,33H,2,9,15-16,18H2,1,3-8H3,(H,31,36)(H,32,34);1-2H3/b12-11+,22-20-;/t19-,24?;/m0./s1. The Hall–Kier alpha value is -3.95. The molecule has 0 fully saturated rings. The highest BCUT2D eigenvalue weighted by atomic mass is 16.6. The average Bonchev–Trinajstić information content (AvgIpc) is 2.91. The number of nitrogens with one attached hydrogen (secondary N) is 3. The van der Waals surface area contributed by atoms with Gasteiger partial charge in [-0.25, -0.2) is 9.59 Å². The van der Waals surface area contributed by atoms with E-state index in [1.165, 1.54) is 13.3 Å². The van der Waals surface area contributed by atoms with Crippen molar-refractivity contribution in [3.8, 4) is 5.75 Å². The summed E-state index contributed by atoms with van der Waals surface area (Å²) in [4.78, 5) is 36.9. The van der Waals surface area contributed by atoms with Gasteiger partial charge in [0.2, 0.25) is 5.91 Å². The molecule has 230 valence electrons. The van der Waals surface area contributed by atoms with Crippen molar-refractivity contribution >= 4 is 23.5 Å². The third kappa shape index (κ3) is 14.3. The van der Waals surface area contributed by atoms with Crippen LogP contribution in [0.15, 0.2) is 48.9 Å². The number of rotatable bonds is 14. The lowest BCUT2D eigenvalue weighted by Crippen LogP contribution is -2.49. The van der Waals surface area contributed by atoms with Crippen LogP contribution in [0.2, 0.25) is 0 Å². The number of hydrogen-bond acceptors (Lipinski definition) is 8. The molecule has 0 aliphatic carbocycles. The average molecular weight is 576 g/mol. The first-order valence-corrected chi connectivity index (χ1v) is 13.9. The topological polar surface area (TPSA) is 135 Å². The zero-order chi connectivity index (χ0) is 31.6. The van der Waals surface area contributed by atoms with Crippen LogP contribution in [0, 0.1) is 0 Å². The van der Waals surface area contributed by atoms with E-state index in [9.17, 15) is 19.5 Å². The molecule has 0 aliphatic heterocycles. The molecule has 2 amide bonds. The quantitative estimate of drug-likeness (QED) is 0.103. The first kappa shape index (κ1) is 37.0. The Morgan fingerprint density at radius 3 is 2.37 bits per heavy atom. The molecule has 0 spiro atoms. The Bertz CT molecular complexity index is 1050. The molecule has 4 N–H and O–H groups in total. The van der Waals surface area contributed by atoms with E-state index in [-0.39, 0.29) is 31.2 Å². The van der Waals surface area contributed by atoms with Crippen LogP contribution < -0.4 is 20.7 Å². The molecule has 1 aromatic carbocycles. The molecule has 1 unspecified atom stereocenters. The van der Waals surface area contributed by atoms with Crippen LogP contribution in [0.3, 0.4) is 0 Å². The Morgan fingerprint density at radius 2 is 1.83 bits per heavy atom. The van der Waals surface area contributed by atoms with Crippen LogP contribution in [-0.4, -0.2) is 61.0 Å². The Balaban J connectivity index is 0.00000781. The largest absolute Gasteiger partial charge is 0.512 e. The number of aliphatic hydroxyl groups excluding tert-OH is 1. The number of methoxy groups -OCH3 is 1. The van der Waals surface area contributed by atoms with E-state index in [1.54, 1.807) is 58.9 Å². The fourth-order valence-corrected chi connectivity index (χ4v) is 3.43. The molecular weight excluding hydrogens is 526 g/mol. The Labute approximate surface area is 245 Å². The smallest absolute Gasteiger partial charge is 0.407 e. The second kappa shape index (κ2) is 19.2. The molecule has 0 saturated carbocycles. The van der Waals surface area contributed by atoms with Gasteiger partial charge >= 0.3 is 12.1 Å². The molecule has 0 aromatic heterocycles. The highest BCUT2D eigenvalue weighted by molar-refractivity contribution is 5.87. The molecule has 0 radical (unpaired) electrons. The maximum absolute atomic E-state index is 12.5. The van der Waals surface area contributed by atoms with Gasteiger partial charge in [-0.1, -0.05) is 45.6 Å². The van der Waals surface area contributed by atoms with Gasteiger partial charge in [0.05, 0.1) is 19.4 Å². The highest BCUT2D eigenvalue weighted by Crippen LogP contribution is 2.31. The van der Waals surface area contributed by atoms with Gasteiger partial charge in [-0.15, -0.1) is 0 Å². The van der Waals surface area contributed by atoms with E-state index >= 15 is 0 Å². The summed E-state index contributed by atoms with van der Waals surface area (Å²) in [5.41, 5.74) is 1.22. The van der Waals surface area contributed by atoms with Crippen molar-refractivity contribution in [2.75, 3.05) is 20.3 Å². The van der Waals surface area contributed by atoms with Gasteiger partial charge in [0.15, 0.2) is 0 Å². The maximum atomic E-state index is 12.5. The molecule has 0 heterocycles. The van der Waals surface area contributed by atoms with E-state index < -0.39 is 29.7 Å². The van der Waals surface area contributed by atoms with Crippen LogP contribution in [0.5, 0.6) is 5.75 Å². The van der Waals surface area contributed by atoms with Crippen LogP contribution in [0.25, 0.3) is 5.57 Å². The Kier molecular flexibility index (Phi) is 17.3. The van der Waals surface area contributed by atoms with Crippen LogP contribution in [0.4, 0.5) is 4.79 Å². The summed E-state index contributed by atoms with van der Waals surface area (Å²) in [5, 5.41) is 18.6. The summed E-state index contributed by atoms with van der Waals surface area (Å²) in [7, 11) is 1.26. The van der Waals surface area contributed by atoms with Crippen molar-refractivity contribution in [3.05, 3.63) is 60.0 Å². The summed E-state index contributed by atoms with van der Waals surface area (Å²) in [6, 6.07) is 3.74. The van der Waals surface area contributed by atoms with Crippen molar-refractivity contribution < 1.29 is 33.7 Å². The van der Waals surface area contributed by atoms with E-state index in [1.807, 2.05) is 26.8 Å². The highest BCUT2D eigenvalue weighted by Gasteiger charge is 2.25. The summed E-state index contributed by atoms with van der Waals surface area (Å²) in [5.74, 6) is -0.433. The van der Waals surface area contributed by atoms with Gasteiger partial charge in [0.25, 0.3) is 0 Å². The predicted molar refractivity (Wildman–Crippen MR) is 163 cm³/mol. The summed E-state index contributed by atoms with van der Waals surface area (Å²) >= 11 is 0. The molecule has 0 saturated heterocycles. The summed E-state index contributed by atoms with van der Waals surface area (Å²) < 4.78 is 16.1. The second-order valence-electron chi connectivity index (χ2n) is 9.80. The number of carbonyl (C=O) groups is 3. The summed E-state index contributed by atoms with van der Waals surface area (Å²) in [6.45, 7) is 18.4. The van der Waals surface area contributed by atoms with Crippen molar-refractivity contribution in [1.82, 2.24) is 16.0 Å². The zero-order valence-electron chi connectivity index (χ0n) is 26.1. The van der Waals surface area contributed by atoms with E-state index in [4.69, 9.17) is 14.2 Å². The van der Waals surface area contributed by atoms with Crippen molar-refractivity contribution in [3.63, 3.8) is 0 Å². The van der Waals surface area contributed by atoms with Crippen LogP contribution >= 0.6 is 0 Å². The number of ether oxygens (including phenoxy) is 3. The molecule has 41 heavy (non-hydrogen) atoms. The number of carbonyl (C=O) groups excluding carboxylic acids is 3. The fourth-order valence-electron chi connectivity index (χ4n) is 3.43. The van der Waals surface area contributed by atoms with Crippen LogP contribution in [-0.2, 0) is 25.5 Å². The fraction of sp³-hybridized carbons (Fsp3) is 0.516. The zero-order valence-corrected chi connectivity index (χ0v) is 26.1. The maximum Gasteiger partial charge on any atom is 0.407 e. The van der Waals surface area contributed by atoms with Crippen LogP contribution in [0.1, 0.15) is 72.9 Å². The number of alkyl carbamates (subject to hydrolysis) is 1. The van der Waals surface area contributed by atoms with Crippen molar-refractivity contribution in [1.29, 1.82) is 0 Å². The summed E-state index contributed by atoms with van der Waals surface area (Å²) in [6.07, 6.45) is 5.44. The molecular formula is C31H49N3O7. The van der Waals surface area contributed by atoms with E-state index in [0.29, 0.717) is 22.4 Å². The third-order valence-corrected chi connectivity index (χ3v) is 5.28. The molecule has 0 bridgehead atoms. The third-order valence-electron chi connectivity index (χ3n) is 5.28. The van der Waals surface area contributed by atoms with Gasteiger partial charge in [-0.3, -0.25) is 4.79 Å². The second-order valence-corrected chi connectivity index (χ2v) is 9.80. The lowest BCUT2D eigenvalue weighted by Gasteiger charge is -2.21. The predicted octanol–water partition coefficient (Wildman–Crippen LogP) is 5.19. The van der Waals surface area contributed by atoms with Gasteiger partial charge in [0, 0.05) is 17.6 Å². The number of amides is 2. The SMILES string of the molecule is C=CN[C@@H](C)C(=O)NC(Cc1ccc(OCCNC(=O)OC(C)(C)C)c(C(/C=C/CC)=C(/C)O)c1)C(=O)OC.CC. The van der Waals surface area contributed by atoms with Crippen molar-refractivity contribution in [2.45, 2.75) is 85.9 Å². The minimum atomic E-state index is -0.942. The van der Waals surface area contributed by atoms with Gasteiger partial charge < -0.3 is 35.3 Å². The molecule has 2 atom stereocenters. The molecule has 1 rings (SSSR count). The number of aliphatic hydroxyl groups is 1. The molecule has 1 aromatic rings. The molecule has 10 nitrogen and oxygen atoms in total. The minimum absolute atomic E-state index is 0.0794. The van der Waals surface area contributed by atoms with Gasteiger partial charge in [-0.2, -0.15) is 0 Å². The molecule has 0 aliphatic rings. The van der Waals surface area contributed by atoms with E-state index in [2.05, 4.69) is 22.5 Å². The molecule has 10 heteroatoms. The minimum Gasteiger partial charge on any atom is -0.512 e. The number of allylic oxidation sites excluding steroid dienone is 4. The van der Waals surface area contributed by atoms with Gasteiger partial charge in [-0.05, 0) is 64.9 Å². The number of esters is 1. The normalized spacial score (nSPS) is 13.0. The van der Waals surface area contributed by atoms with Crippen molar-refractivity contribution in [2.24, 2.45) is 0 Å². The lowest BCUT2D eigenvalue weighted by molar-refractivity contribution is -0.145. The first-order chi connectivity index (χ1) is 19.3. The van der Waals surface area contributed by atoms with Gasteiger partial charge in [0.1, 0.15) is 30.0 Å².